The summed E-state index contributed by atoms with van der Waals surface area (Å²) in [5.74, 6) is 1.69. The van der Waals surface area contributed by atoms with Crippen LogP contribution in [0.25, 0.3) is 11.0 Å². The lowest BCUT2D eigenvalue weighted by molar-refractivity contribution is 0.285. The highest BCUT2D eigenvalue weighted by Crippen LogP contribution is 2.29. The number of aryl methyl sites for hydroxylation is 1. The van der Waals surface area contributed by atoms with Crippen molar-refractivity contribution in [1.29, 1.82) is 0 Å². The monoisotopic (exact) mass is 338 g/mol. The van der Waals surface area contributed by atoms with Gasteiger partial charge < -0.3 is 13.9 Å². The SMILES string of the molecule is COc1ccccc1OCc1cc(=O)oc2cc(C)c(C(C)C)cc12. The molecule has 4 nitrogen and oxygen atoms in total. The normalized spacial score (nSPS) is 11.1. The molecule has 0 saturated carbocycles. The minimum Gasteiger partial charge on any atom is -0.493 e. The molecule has 0 N–H and O–H groups in total. The standard InChI is InChI=1S/C21H22O4/c1-13(2)16-11-17-15(10-21(22)25-20(17)9-14(16)3)12-24-19-8-6-5-7-18(19)23-4/h5-11,13H,12H2,1-4H3. The molecule has 0 fully saturated rings. The fourth-order valence-electron chi connectivity index (χ4n) is 3.03. The van der Waals surface area contributed by atoms with Crippen molar-refractivity contribution in [3.05, 3.63) is 69.6 Å². The molecule has 3 aromatic rings. The van der Waals surface area contributed by atoms with Crippen LogP contribution in [-0.4, -0.2) is 7.11 Å². The number of benzene rings is 2. The number of methoxy groups -OCH3 is 1. The quantitative estimate of drug-likeness (QED) is 0.626. The van der Waals surface area contributed by atoms with Gasteiger partial charge in [0, 0.05) is 17.0 Å². The van der Waals surface area contributed by atoms with Crippen LogP contribution in [0.15, 0.2) is 51.7 Å². The lowest BCUT2D eigenvalue weighted by Crippen LogP contribution is -2.05. The van der Waals surface area contributed by atoms with E-state index >= 15 is 0 Å². The molecule has 0 unspecified atom stereocenters. The summed E-state index contributed by atoms with van der Waals surface area (Å²) in [5, 5.41) is 0.906. The van der Waals surface area contributed by atoms with Crippen molar-refractivity contribution < 1.29 is 13.9 Å². The van der Waals surface area contributed by atoms with Gasteiger partial charge in [-0.2, -0.15) is 0 Å². The molecule has 0 radical (unpaired) electrons. The van der Waals surface area contributed by atoms with Crippen LogP contribution in [-0.2, 0) is 6.61 Å². The molecule has 1 heterocycles. The summed E-state index contributed by atoms with van der Waals surface area (Å²) in [7, 11) is 1.60. The molecule has 0 aliphatic heterocycles. The van der Waals surface area contributed by atoms with Crippen LogP contribution in [0, 0.1) is 6.92 Å². The third-order valence-electron chi connectivity index (χ3n) is 4.29. The maximum absolute atomic E-state index is 11.9. The van der Waals surface area contributed by atoms with E-state index in [1.165, 1.54) is 11.6 Å². The van der Waals surface area contributed by atoms with E-state index in [4.69, 9.17) is 13.9 Å². The first-order valence-corrected chi connectivity index (χ1v) is 8.32. The molecule has 2 aromatic carbocycles. The second-order valence-corrected chi connectivity index (χ2v) is 6.39. The highest BCUT2D eigenvalue weighted by molar-refractivity contribution is 5.82. The maximum atomic E-state index is 11.9. The van der Waals surface area contributed by atoms with E-state index in [0.29, 0.717) is 23.0 Å². The highest BCUT2D eigenvalue weighted by atomic mass is 16.5. The topological polar surface area (TPSA) is 48.7 Å². The molecule has 0 saturated heterocycles. The van der Waals surface area contributed by atoms with Gasteiger partial charge in [0.15, 0.2) is 11.5 Å². The van der Waals surface area contributed by atoms with Crippen molar-refractivity contribution in [2.45, 2.75) is 33.3 Å². The summed E-state index contributed by atoms with van der Waals surface area (Å²) < 4.78 is 16.6. The van der Waals surface area contributed by atoms with E-state index < -0.39 is 0 Å². The van der Waals surface area contributed by atoms with Gasteiger partial charge in [0.05, 0.1) is 7.11 Å². The third-order valence-corrected chi connectivity index (χ3v) is 4.29. The van der Waals surface area contributed by atoms with Gasteiger partial charge in [-0.25, -0.2) is 4.79 Å². The van der Waals surface area contributed by atoms with Crippen LogP contribution in [0.1, 0.15) is 36.5 Å². The Morgan fingerprint density at radius 1 is 1.08 bits per heavy atom. The van der Waals surface area contributed by atoms with Gasteiger partial charge in [0.25, 0.3) is 0 Å². The molecular formula is C21H22O4. The number of hydrogen-bond donors (Lipinski definition) is 0. The van der Waals surface area contributed by atoms with Crippen molar-refractivity contribution in [1.82, 2.24) is 0 Å². The predicted octanol–water partition coefficient (Wildman–Crippen LogP) is 4.81. The minimum absolute atomic E-state index is 0.267. The smallest absolute Gasteiger partial charge is 0.336 e. The molecule has 0 spiro atoms. The van der Waals surface area contributed by atoms with E-state index in [0.717, 1.165) is 16.5 Å². The van der Waals surface area contributed by atoms with Crippen molar-refractivity contribution in [3.8, 4) is 11.5 Å². The zero-order chi connectivity index (χ0) is 18.0. The summed E-state index contributed by atoms with van der Waals surface area (Å²) in [4.78, 5) is 11.9. The number of rotatable bonds is 5. The largest absolute Gasteiger partial charge is 0.493 e. The molecule has 0 aliphatic carbocycles. The van der Waals surface area contributed by atoms with Crippen LogP contribution in [0.5, 0.6) is 11.5 Å². The summed E-state index contributed by atoms with van der Waals surface area (Å²) in [5.41, 5.74) is 3.38. The first kappa shape index (κ1) is 17.1. The molecule has 25 heavy (non-hydrogen) atoms. The first-order chi connectivity index (χ1) is 12.0. The van der Waals surface area contributed by atoms with Crippen molar-refractivity contribution in [3.63, 3.8) is 0 Å². The molecule has 0 aliphatic rings. The van der Waals surface area contributed by atoms with E-state index in [9.17, 15) is 4.79 Å². The summed E-state index contributed by atoms with van der Waals surface area (Å²) >= 11 is 0. The number of hydrogen-bond acceptors (Lipinski definition) is 4. The Morgan fingerprint density at radius 2 is 1.80 bits per heavy atom. The lowest BCUT2D eigenvalue weighted by atomic mass is 9.95. The Morgan fingerprint density at radius 3 is 2.48 bits per heavy atom. The average Bonchev–Trinajstić information content (AvgIpc) is 2.58. The van der Waals surface area contributed by atoms with E-state index in [1.54, 1.807) is 7.11 Å². The predicted molar refractivity (Wildman–Crippen MR) is 98.6 cm³/mol. The van der Waals surface area contributed by atoms with Gasteiger partial charge in [-0.1, -0.05) is 26.0 Å². The van der Waals surface area contributed by atoms with E-state index in [1.807, 2.05) is 37.3 Å². The maximum Gasteiger partial charge on any atom is 0.336 e. The van der Waals surface area contributed by atoms with Gasteiger partial charge in [-0.15, -0.1) is 0 Å². The Hall–Kier alpha value is -2.75. The van der Waals surface area contributed by atoms with Gasteiger partial charge in [-0.3, -0.25) is 0 Å². The molecular weight excluding hydrogens is 316 g/mol. The molecule has 4 heteroatoms. The summed E-state index contributed by atoms with van der Waals surface area (Å²) in [6.45, 7) is 6.60. The fourth-order valence-corrected chi connectivity index (χ4v) is 3.03. The van der Waals surface area contributed by atoms with Gasteiger partial charge in [-0.05, 0) is 48.2 Å². The van der Waals surface area contributed by atoms with Crippen LogP contribution in [0.2, 0.25) is 0 Å². The van der Waals surface area contributed by atoms with E-state index in [2.05, 4.69) is 19.9 Å². The molecule has 0 amide bonds. The fraction of sp³-hybridized carbons (Fsp3) is 0.286. The van der Waals surface area contributed by atoms with Crippen LogP contribution in [0.3, 0.4) is 0 Å². The van der Waals surface area contributed by atoms with Gasteiger partial charge in [0.2, 0.25) is 0 Å². The summed E-state index contributed by atoms with van der Waals surface area (Å²) in [6, 6.07) is 13.0. The Labute approximate surface area is 147 Å². The average molecular weight is 338 g/mol. The Bertz CT molecular complexity index is 954. The van der Waals surface area contributed by atoms with Gasteiger partial charge in [0.1, 0.15) is 12.2 Å². The first-order valence-electron chi connectivity index (χ1n) is 8.32. The van der Waals surface area contributed by atoms with Crippen LogP contribution < -0.4 is 15.1 Å². The zero-order valence-electron chi connectivity index (χ0n) is 15.0. The molecule has 1 aromatic heterocycles. The van der Waals surface area contributed by atoms with Crippen molar-refractivity contribution in [2.75, 3.05) is 7.11 Å². The highest BCUT2D eigenvalue weighted by Gasteiger charge is 2.12. The zero-order valence-corrected chi connectivity index (χ0v) is 15.0. The second kappa shape index (κ2) is 7.01. The molecule has 3 rings (SSSR count). The molecule has 0 bridgehead atoms. The van der Waals surface area contributed by atoms with Gasteiger partial charge >= 0.3 is 5.63 Å². The number of para-hydroxylation sites is 2. The van der Waals surface area contributed by atoms with Crippen molar-refractivity contribution >= 4 is 11.0 Å². The summed E-state index contributed by atoms with van der Waals surface area (Å²) in [6.07, 6.45) is 0. The minimum atomic E-state index is -0.372. The number of ether oxygens (including phenoxy) is 2. The van der Waals surface area contributed by atoms with Crippen LogP contribution in [0.4, 0.5) is 0 Å². The van der Waals surface area contributed by atoms with Crippen LogP contribution >= 0.6 is 0 Å². The second-order valence-electron chi connectivity index (χ2n) is 6.39. The van der Waals surface area contributed by atoms with Crippen molar-refractivity contribution in [2.24, 2.45) is 0 Å². The third kappa shape index (κ3) is 3.53. The number of fused-ring (bicyclic) bond motifs is 1. The Kier molecular flexibility index (Phi) is 4.79. The van der Waals surface area contributed by atoms with E-state index in [-0.39, 0.29) is 12.2 Å². The lowest BCUT2D eigenvalue weighted by Gasteiger charge is -2.14. The Balaban J connectivity index is 2.03. The molecule has 130 valence electrons. The molecule has 0 atom stereocenters.